The standard InChI is InChI=1S/C15H8Cl2INO/c16-8-2-4-13(18)11(5-8)15(20)12-7-19-14-6-9(17)1-3-10(12)14/h1-7,19H. The summed E-state index contributed by atoms with van der Waals surface area (Å²) in [5.41, 5.74) is 2.07. The summed E-state index contributed by atoms with van der Waals surface area (Å²) in [6.07, 6.45) is 1.71. The minimum Gasteiger partial charge on any atom is -0.360 e. The van der Waals surface area contributed by atoms with Crippen LogP contribution >= 0.6 is 45.8 Å². The van der Waals surface area contributed by atoms with Gasteiger partial charge in [-0.15, -0.1) is 0 Å². The molecular formula is C15H8Cl2INO. The highest BCUT2D eigenvalue weighted by atomic mass is 127. The highest BCUT2D eigenvalue weighted by Crippen LogP contribution is 2.26. The number of fused-ring (bicyclic) bond motifs is 1. The third-order valence-corrected chi connectivity index (χ3v) is 4.47. The molecule has 0 saturated heterocycles. The summed E-state index contributed by atoms with van der Waals surface area (Å²) in [6.45, 7) is 0. The normalized spacial score (nSPS) is 10.9. The number of ketones is 1. The van der Waals surface area contributed by atoms with Crippen molar-refractivity contribution in [1.29, 1.82) is 0 Å². The van der Waals surface area contributed by atoms with Gasteiger partial charge in [0, 0.05) is 41.8 Å². The SMILES string of the molecule is O=C(c1cc(Cl)ccc1I)c1c[nH]c2cc(Cl)ccc12. The van der Waals surface area contributed by atoms with Crippen molar-refractivity contribution in [2.45, 2.75) is 0 Å². The predicted molar refractivity (Wildman–Crippen MR) is 90.9 cm³/mol. The Labute approximate surface area is 139 Å². The largest absolute Gasteiger partial charge is 0.360 e. The molecule has 20 heavy (non-hydrogen) atoms. The molecule has 0 bridgehead atoms. The van der Waals surface area contributed by atoms with Gasteiger partial charge >= 0.3 is 0 Å². The number of carbonyl (C=O) groups excluding carboxylic acids is 1. The topological polar surface area (TPSA) is 32.9 Å². The Balaban J connectivity index is 2.15. The zero-order valence-electron chi connectivity index (χ0n) is 10.1. The number of aromatic nitrogens is 1. The van der Waals surface area contributed by atoms with Crippen molar-refractivity contribution in [2.24, 2.45) is 0 Å². The summed E-state index contributed by atoms with van der Waals surface area (Å²) < 4.78 is 0.875. The average molecular weight is 416 g/mol. The van der Waals surface area contributed by atoms with Crippen LogP contribution in [0.1, 0.15) is 15.9 Å². The molecule has 0 saturated carbocycles. The van der Waals surface area contributed by atoms with Crippen LogP contribution in [-0.4, -0.2) is 10.8 Å². The lowest BCUT2D eigenvalue weighted by Gasteiger charge is -2.04. The summed E-state index contributed by atoms with van der Waals surface area (Å²) in [5, 5.41) is 2.04. The molecule has 0 atom stereocenters. The lowest BCUT2D eigenvalue weighted by Crippen LogP contribution is -2.03. The summed E-state index contributed by atoms with van der Waals surface area (Å²) in [6, 6.07) is 10.7. The van der Waals surface area contributed by atoms with Crippen molar-refractivity contribution in [3.05, 3.63) is 67.3 Å². The first-order valence-corrected chi connectivity index (χ1v) is 7.66. The van der Waals surface area contributed by atoms with Gasteiger partial charge in [0.05, 0.1) is 0 Å². The van der Waals surface area contributed by atoms with Crippen LogP contribution in [0.3, 0.4) is 0 Å². The van der Waals surface area contributed by atoms with E-state index in [9.17, 15) is 4.79 Å². The van der Waals surface area contributed by atoms with Gasteiger partial charge in [-0.3, -0.25) is 4.79 Å². The molecule has 0 spiro atoms. The van der Waals surface area contributed by atoms with Crippen molar-refractivity contribution in [2.75, 3.05) is 0 Å². The number of benzene rings is 2. The van der Waals surface area contributed by atoms with E-state index in [1.807, 2.05) is 12.1 Å². The van der Waals surface area contributed by atoms with E-state index in [1.165, 1.54) is 0 Å². The molecule has 0 fully saturated rings. The first-order chi connectivity index (χ1) is 9.56. The lowest BCUT2D eigenvalue weighted by molar-refractivity contribution is 0.103. The van der Waals surface area contributed by atoms with Crippen LogP contribution in [0, 0.1) is 3.57 Å². The molecule has 3 aromatic rings. The van der Waals surface area contributed by atoms with Crippen molar-refractivity contribution >= 4 is 62.5 Å². The van der Waals surface area contributed by atoms with Crippen molar-refractivity contribution in [1.82, 2.24) is 4.98 Å². The number of hydrogen-bond acceptors (Lipinski definition) is 1. The van der Waals surface area contributed by atoms with Crippen LogP contribution in [0.2, 0.25) is 10.0 Å². The molecule has 3 rings (SSSR count). The van der Waals surface area contributed by atoms with Gasteiger partial charge in [-0.2, -0.15) is 0 Å². The fourth-order valence-corrected chi connectivity index (χ4v) is 3.03. The van der Waals surface area contributed by atoms with Gasteiger partial charge < -0.3 is 4.98 Å². The number of nitrogens with one attached hydrogen (secondary N) is 1. The van der Waals surface area contributed by atoms with E-state index in [4.69, 9.17) is 23.2 Å². The monoisotopic (exact) mass is 415 g/mol. The van der Waals surface area contributed by atoms with E-state index < -0.39 is 0 Å². The van der Waals surface area contributed by atoms with E-state index in [1.54, 1.807) is 30.5 Å². The number of rotatable bonds is 2. The minimum absolute atomic E-state index is 0.0505. The van der Waals surface area contributed by atoms with Crippen LogP contribution in [0.15, 0.2) is 42.6 Å². The first kappa shape index (κ1) is 13.9. The highest BCUT2D eigenvalue weighted by molar-refractivity contribution is 14.1. The van der Waals surface area contributed by atoms with Gasteiger partial charge in [-0.05, 0) is 52.9 Å². The molecule has 1 heterocycles. The Morgan fingerprint density at radius 3 is 2.50 bits per heavy atom. The lowest BCUT2D eigenvalue weighted by atomic mass is 10.0. The second kappa shape index (κ2) is 5.39. The second-order valence-corrected chi connectivity index (χ2v) is 6.38. The Bertz CT molecular complexity index is 826. The molecule has 5 heteroatoms. The third kappa shape index (κ3) is 2.45. The molecular weight excluding hydrogens is 408 g/mol. The summed E-state index contributed by atoms with van der Waals surface area (Å²) in [4.78, 5) is 15.7. The van der Waals surface area contributed by atoms with Crippen LogP contribution in [0.4, 0.5) is 0 Å². The summed E-state index contributed by atoms with van der Waals surface area (Å²) in [7, 11) is 0. The Hall–Kier alpha value is -1.04. The fraction of sp³-hybridized carbons (Fsp3) is 0. The molecule has 0 radical (unpaired) electrons. The molecule has 100 valence electrons. The van der Waals surface area contributed by atoms with E-state index >= 15 is 0 Å². The number of halogens is 3. The number of H-pyrrole nitrogens is 1. The van der Waals surface area contributed by atoms with Crippen LogP contribution in [-0.2, 0) is 0 Å². The fourth-order valence-electron chi connectivity index (χ4n) is 2.10. The zero-order chi connectivity index (χ0) is 14.3. The molecule has 1 aromatic heterocycles. The maximum atomic E-state index is 12.7. The molecule has 0 aliphatic carbocycles. The molecule has 2 nitrogen and oxygen atoms in total. The maximum absolute atomic E-state index is 12.7. The van der Waals surface area contributed by atoms with Gasteiger partial charge in [0.15, 0.2) is 5.78 Å². The van der Waals surface area contributed by atoms with Crippen LogP contribution in [0.5, 0.6) is 0 Å². The van der Waals surface area contributed by atoms with Crippen molar-refractivity contribution in [3.63, 3.8) is 0 Å². The number of hydrogen-bond donors (Lipinski definition) is 1. The molecule has 1 N–H and O–H groups in total. The van der Waals surface area contributed by atoms with Crippen molar-refractivity contribution < 1.29 is 4.79 Å². The van der Waals surface area contributed by atoms with E-state index in [2.05, 4.69) is 27.6 Å². The summed E-state index contributed by atoms with van der Waals surface area (Å²) >= 11 is 14.1. The highest BCUT2D eigenvalue weighted by Gasteiger charge is 2.17. The Morgan fingerprint density at radius 1 is 1.00 bits per heavy atom. The Kier molecular flexibility index (Phi) is 3.75. The molecule has 0 aliphatic rings. The Morgan fingerprint density at radius 2 is 1.70 bits per heavy atom. The van der Waals surface area contributed by atoms with E-state index in [-0.39, 0.29) is 5.78 Å². The van der Waals surface area contributed by atoms with E-state index in [0.717, 1.165) is 14.5 Å². The minimum atomic E-state index is -0.0505. The van der Waals surface area contributed by atoms with Crippen LogP contribution in [0.25, 0.3) is 10.9 Å². The zero-order valence-corrected chi connectivity index (χ0v) is 13.8. The van der Waals surface area contributed by atoms with Gasteiger partial charge in [0.1, 0.15) is 0 Å². The molecule has 2 aromatic carbocycles. The van der Waals surface area contributed by atoms with E-state index in [0.29, 0.717) is 21.2 Å². The molecule has 0 amide bonds. The second-order valence-electron chi connectivity index (χ2n) is 4.35. The maximum Gasteiger partial charge on any atom is 0.196 e. The summed E-state index contributed by atoms with van der Waals surface area (Å²) in [5.74, 6) is -0.0505. The van der Waals surface area contributed by atoms with Gasteiger partial charge in [0.2, 0.25) is 0 Å². The first-order valence-electron chi connectivity index (χ1n) is 5.82. The molecule has 0 aliphatic heterocycles. The van der Waals surface area contributed by atoms with Gasteiger partial charge in [-0.25, -0.2) is 0 Å². The average Bonchev–Trinajstić information content (AvgIpc) is 2.83. The quantitative estimate of drug-likeness (QED) is 0.446. The van der Waals surface area contributed by atoms with Crippen molar-refractivity contribution in [3.8, 4) is 0 Å². The predicted octanol–water partition coefficient (Wildman–Crippen LogP) is 5.31. The smallest absolute Gasteiger partial charge is 0.196 e. The van der Waals surface area contributed by atoms with Gasteiger partial charge in [0.25, 0.3) is 0 Å². The van der Waals surface area contributed by atoms with Crippen LogP contribution < -0.4 is 0 Å². The number of aromatic amines is 1. The molecule has 0 unspecified atom stereocenters. The third-order valence-electron chi connectivity index (χ3n) is 3.06. The van der Waals surface area contributed by atoms with Gasteiger partial charge in [-0.1, -0.05) is 29.3 Å². The number of carbonyl (C=O) groups is 1.